The second kappa shape index (κ2) is 11.4. The van der Waals surface area contributed by atoms with Crippen molar-refractivity contribution in [2.24, 2.45) is 5.41 Å². The fourth-order valence-electron chi connectivity index (χ4n) is 9.97. The number of hydrogen-bond acceptors (Lipinski definition) is 0. The van der Waals surface area contributed by atoms with Crippen molar-refractivity contribution < 1.29 is 20.0 Å². The third-order valence-electron chi connectivity index (χ3n) is 12.7. The van der Waals surface area contributed by atoms with Gasteiger partial charge in [0.15, 0.2) is 0 Å². The minimum absolute atomic E-state index is 0.0910. The third kappa shape index (κ3) is 4.92. The van der Waals surface area contributed by atoms with Crippen LogP contribution in [0.5, 0.6) is 0 Å². The summed E-state index contributed by atoms with van der Waals surface area (Å²) in [6.45, 7) is 23.5. The van der Waals surface area contributed by atoms with E-state index in [1.165, 1.54) is 55.6 Å². The molecule has 2 unspecified atom stereocenters. The minimum atomic E-state index is -3.14. The van der Waals surface area contributed by atoms with Crippen LogP contribution in [-0.2, 0) is 30.8 Å². The molecule has 1 fully saturated rings. The van der Waals surface area contributed by atoms with Crippen LogP contribution in [-0.4, -0.2) is 0 Å². The SMILES string of the molecule is CCC1(CC)C2=Cc3c(-c4ccc(C(C)(C)C)cc4C)cccc3[CH]2[Hf]([CH3])([CH3])[CH]2C1=Cc1c(-c3ccc(C(C)(C)C)cc3C)cccc12. The first-order valence-corrected chi connectivity index (χ1v) is 29.8. The van der Waals surface area contributed by atoms with Crippen molar-refractivity contribution in [3.05, 3.63) is 128 Å². The maximum absolute atomic E-state index is 3.14. The quantitative estimate of drug-likeness (QED) is 0.180. The van der Waals surface area contributed by atoms with E-state index in [0.717, 1.165) is 12.8 Å². The molecule has 1 aliphatic heterocycles. The number of fused-ring (bicyclic) bond motifs is 6. The number of benzene rings is 4. The maximum atomic E-state index is 2.79. The molecule has 48 heavy (non-hydrogen) atoms. The molecule has 1 heteroatoms. The van der Waals surface area contributed by atoms with Gasteiger partial charge in [-0.25, -0.2) is 0 Å². The first-order chi connectivity index (χ1) is 22.5. The van der Waals surface area contributed by atoms with Gasteiger partial charge in [-0.05, 0) is 0 Å². The van der Waals surface area contributed by atoms with E-state index >= 15 is 0 Å². The zero-order valence-corrected chi connectivity index (χ0v) is 35.2. The van der Waals surface area contributed by atoms with E-state index in [0.29, 0.717) is 7.35 Å². The van der Waals surface area contributed by atoms with Gasteiger partial charge in [0.05, 0.1) is 0 Å². The molecular formula is C47H56Hf. The summed E-state index contributed by atoms with van der Waals surface area (Å²) in [6, 6.07) is 28.9. The van der Waals surface area contributed by atoms with Gasteiger partial charge < -0.3 is 0 Å². The average Bonchev–Trinajstić information content (AvgIpc) is 3.62. The van der Waals surface area contributed by atoms with Gasteiger partial charge in [0, 0.05) is 0 Å². The Kier molecular flexibility index (Phi) is 7.99. The van der Waals surface area contributed by atoms with E-state index in [1.807, 2.05) is 0 Å². The molecule has 1 heterocycles. The first kappa shape index (κ1) is 33.7. The van der Waals surface area contributed by atoms with E-state index < -0.39 is 20.0 Å². The Hall–Kier alpha value is -2.77. The van der Waals surface area contributed by atoms with Crippen molar-refractivity contribution in [1.82, 2.24) is 0 Å². The Morgan fingerprint density at radius 3 is 1.29 bits per heavy atom. The standard InChI is InChI=1S/C45H50.2CH3.Hf/c1-11-45(12-2,35-25-31-15-13-17-39(41(31)27-35)37-21-19-33(23-29(37)3)43(5,6)7)36-26-32-16-14-18-40(42(32)28-36)38-22-20-34(24-30(38)4)44(8,9)10;;;/h13-28H,11-12H2,1-10H3;2*1H3;. The van der Waals surface area contributed by atoms with Crippen molar-refractivity contribution in [3.8, 4) is 22.3 Å². The Morgan fingerprint density at radius 1 is 0.562 bits per heavy atom. The van der Waals surface area contributed by atoms with Gasteiger partial charge in [-0.15, -0.1) is 0 Å². The molecule has 4 aromatic rings. The zero-order chi connectivity index (χ0) is 34.6. The summed E-state index contributed by atoms with van der Waals surface area (Å²) in [4.78, 5) is 0. The van der Waals surface area contributed by atoms with Crippen molar-refractivity contribution >= 4 is 12.2 Å². The molecule has 1 saturated heterocycles. The van der Waals surface area contributed by atoms with E-state index in [9.17, 15) is 0 Å². The van der Waals surface area contributed by atoms with E-state index in [1.54, 1.807) is 22.3 Å². The van der Waals surface area contributed by atoms with Crippen LogP contribution >= 0.6 is 0 Å². The number of rotatable bonds is 4. The molecule has 0 N–H and O–H groups in total. The van der Waals surface area contributed by atoms with Crippen molar-refractivity contribution in [2.75, 3.05) is 0 Å². The van der Waals surface area contributed by atoms with E-state index in [-0.39, 0.29) is 16.2 Å². The Labute approximate surface area is 296 Å². The van der Waals surface area contributed by atoms with Crippen LogP contribution in [0.1, 0.15) is 120 Å². The molecule has 0 nitrogen and oxygen atoms in total. The second-order valence-electron chi connectivity index (χ2n) is 17.9. The van der Waals surface area contributed by atoms with Crippen LogP contribution < -0.4 is 0 Å². The molecule has 248 valence electrons. The molecule has 0 bridgehead atoms. The molecule has 0 amide bonds. The van der Waals surface area contributed by atoms with Gasteiger partial charge in [0.2, 0.25) is 0 Å². The van der Waals surface area contributed by atoms with Crippen LogP contribution in [0.15, 0.2) is 83.9 Å². The summed E-state index contributed by atoms with van der Waals surface area (Å²) < 4.78 is 6.78. The van der Waals surface area contributed by atoms with Gasteiger partial charge in [-0.3, -0.25) is 0 Å². The van der Waals surface area contributed by atoms with Crippen molar-refractivity contribution in [2.45, 2.75) is 110 Å². The molecule has 3 aliphatic rings. The Bertz CT molecular complexity index is 1870. The fourth-order valence-corrected chi connectivity index (χ4v) is 27.1. The van der Waals surface area contributed by atoms with Crippen LogP contribution in [0, 0.1) is 19.3 Å². The first-order valence-electron chi connectivity index (χ1n) is 18.5. The van der Waals surface area contributed by atoms with Crippen LogP contribution in [0.25, 0.3) is 34.4 Å². The molecule has 7 rings (SSSR count). The molecule has 0 radical (unpaired) electrons. The molecule has 0 saturated carbocycles. The Balaban J connectivity index is 1.41. The summed E-state index contributed by atoms with van der Waals surface area (Å²) in [6.07, 6.45) is 7.72. The average molecular weight is 799 g/mol. The van der Waals surface area contributed by atoms with Gasteiger partial charge >= 0.3 is 298 Å². The molecule has 2 atom stereocenters. The van der Waals surface area contributed by atoms with Crippen LogP contribution in [0.4, 0.5) is 0 Å². The fraction of sp³-hybridized carbons (Fsp3) is 0.404. The van der Waals surface area contributed by atoms with Gasteiger partial charge in [0.25, 0.3) is 0 Å². The number of aryl methyl sites for hydroxylation is 2. The summed E-state index contributed by atoms with van der Waals surface area (Å²) in [5, 5.41) is 0. The summed E-state index contributed by atoms with van der Waals surface area (Å²) >= 11 is -3.14. The third-order valence-corrected chi connectivity index (χ3v) is 27.9. The molecule has 4 aromatic carbocycles. The molecule has 0 spiro atoms. The van der Waals surface area contributed by atoms with Gasteiger partial charge in [0.1, 0.15) is 0 Å². The number of allylic oxidation sites excluding steroid dienone is 2. The summed E-state index contributed by atoms with van der Waals surface area (Å²) in [5.74, 6) is 0. The predicted molar refractivity (Wildman–Crippen MR) is 207 cm³/mol. The summed E-state index contributed by atoms with van der Waals surface area (Å²) in [7, 11) is 0. The molecule has 2 aliphatic carbocycles. The predicted octanol–water partition coefficient (Wildman–Crippen LogP) is 13.9. The monoisotopic (exact) mass is 800 g/mol. The zero-order valence-electron chi connectivity index (χ0n) is 31.7. The van der Waals surface area contributed by atoms with Crippen LogP contribution in [0.3, 0.4) is 0 Å². The van der Waals surface area contributed by atoms with Crippen molar-refractivity contribution in [3.63, 3.8) is 0 Å². The van der Waals surface area contributed by atoms with Gasteiger partial charge in [-0.2, -0.15) is 0 Å². The van der Waals surface area contributed by atoms with E-state index in [4.69, 9.17) is 0 Å². The molecular weight excluding hydrogens is 743 g/mol. The van der Waals surface area contributed by atoms with Crippen molar-refractivity contribution in [1.29, 1.82) is 0 Å². The van der Waals surface area contributed by atoms with E-state index in [2.05, 4.69) is 164 Å². The van der Waals surface area contributed by atoms with Crippen LogP contribution in [0.2, 0.25) is 9.36 Å². The summed E-state index contributed by atoms with van der Waals surface area (Å²) in [5.41, 5.74) is 21.4. The van der Waals surface area contributed by atoms with Gasteiger partial charge in [-0.1, -0.05) is 0 Å². The second-order valence-corrected chi connectivity index (χ2v) is 35.1. The Morgan fingerprint density at radius 2 is 0.958 bits per heavy atom. The molecule has 0 aromatic heterocycles. The normalized spacial score (nSPS) is 20.4. The topological polar surface area (TPSA) is 0 Å². The number of hydrogen-bond donors (Lipinski definition) is 0.